The predicted octanol–water partition coefficient (Wildman–Crippen LogP) is 8.01. The first kappa shape index (κ1) is 30.4. The van der Waals surface area contributed by atoms with Crippen LogP contribution >= 0.6 is 0 Å². The third kappa shape index (κ3) is 6.84. The summed E-state index contributed by atoms with van der Waals surface area (Å²) in [6.07, 6.45) is -1.77. The molecule has 1 aliphatic heterocycles. The molecule has 1 aliphatic rings. The molecule has 0 aliphatic carbocycles. The quantitative estimate of drug-likeness (QED) is 0.217. The number of aromatic nitrogens is 1. The smallest absolute Gasteiger partial charge is 0.465 e. The van der Waals surface area contributed by atoms with Gasteiger partial charge in [0.15, 0.2) is 11.5 Å². The van der Waals surface area contributed by atoms with Gasteiger partial charge >= 0.3 is 12.3 Å². The molecular formula is C33H34F2N2O5. The second-order valence-corrected chi connectivity index (χ2v) is 10.8. The van der Waals surface area contributed by atoms with Gasteiger partial charge in [0, 0.05) is 18.0 Å². The summed E-state index contributed by atoms with van der Waals surface area (Å²) in [7, 11) is 1.33. The van der Waals surface area contributed by atoms with Crippen LogP contribution in [-0.4, -0.2) is 30.3 Å². The summed E-state index contributed by atoms with van der Waals surface area (Å²) >= 11 is 0. The molecule has 0 spiro atoms. The Kier molecular flexibility index (Phi) is 8.80. The molecule has 0 fully saturated rings. The lowest BCUT2D eigenvalue weighted by molar-refractivity contribution is -0.286. The SMILES string of the molecule is CC.COC(=O)c1ccc2c(N(Cc3ccc(-c4ccc5c(c4)OC(F)(F)O5)cc3)C(=O)CC(C)(C)C)nccc2c1. The highest BCUT2D eigenvalue weighted by molar-refractivity contribution is 6.04. The second-order valence-electron chi connectivity index (χ2n) is 10.8. The Morgan fingerprint density at radius 1 is 0.905 bits per heavy atom. The number of benzene rings is 3. The van der Waals surface area contributed by atoms with Gasteiger partial charge in [0.05, 0.1) is 19.2 Å². The van der Waals surface area contributed by atoms with E-state index in [2.05, 4.69) is 14.5 Å². The van der Waals surface area contributed by atoms with Crippen molar-refractivity contribution in [3.05, 3.63) is 84.1 Å². The Labute approximate surface area is 244 Å². The molecule has 4 aromatic rings. The molecule has 7 nitrogen and oxygen atoms in total. The van der Waals surface area contributed by atoms with Crippen molar-refractivity contribution < 1.29 is 32.6 Å². The van der Waals surface area contributed by atoms with Crippen molar-refractivity contribution in [2.75, 3.05) is 12.0 Å². The fourth-order valence-electron chi connectivity index (χ4n) is 4.57. The summed E-state index contributed by atoms with van der Waals surface area (Å²) in [5.74, 6) is -0.0889. The van der Waals surface area contributed by atoms with E-state index >= 15 is 0 Å². The summed E-state index contributed by atoms with van der Waals surface area (Å²) in [5.41, 5.74) is 2.48. The third-order valence-electron chi connectivity index (χ3n) is 6.43. The number of pyridine rings is 1. The number of nitrogens with zero attached hydrogens (tertiary/aromatic N) is 2. The number of fused-ring (bicyclic) bond motifs is 2. The van der Waals surface area contributed by atoms with Gasteiger partial charge in [-0.05, 0) is 63.9 Å². The molecule has 0 N–H and O–H groups in total. The van der Waals surface area contributed by atoms with Gasteiger partial charge in [0.1, 0.15) is 5.82 Å². The lowest BCUT2D eigenvalue weighted by Crippen LogP contribution is -2.34. The maximum absolute atomic E-state index is 13.6. The average molecular weight is 577 g/mol. The van der Waals surface area contributed by atoms with Gasteiger partial charge < -0.3 is 14.2 Å². The van der Waals surface area contributed by atoms with E-state index in [-0.39, 0.29) is 29.4 Å². The number of halogens is 2. The highest BCUT2D eigenvalue weighted by Crippen LogP contribution is 2.43. The molecule has 0 atom stereocenters. The Bertz CT molecular complexity index is 1600. The van der Waals surface area contributed by atoms with Gasteiger partial charge in [0.2, 0.25) is 5.91 Å². The molecule has 0 unspecified atom stereocenters. The van der Waals surface area contributed by atoms with Crippen LogP contribution < -0.4 is 14.4 Å². The Morgan fingerprint density at radius 3 is 2.24 bits per heavy atom. The normalized spacial score (nSPS) is 13.2. The maximum Gasteiger partial charge on any atom is 0.586 e. The number of hydrogen-bond acceptors (Lipinski definition) is 6. The van der Waals surface area contributed by atoms with E-state index < -0.39 is 12.3 Å². The minimum atomic E-state index is -3.68. The van der Waals surface area contributed by atoms with Crippen molar-refractivity contribution in [1.82, 2.24) is 4.98 Å². The lowest BCUT2D eigenvalue weighted by Gasteiger charge is -2.27. The summed E-state index contributed by atoms with van der Waals surface area (Å²) in [4.78, 5) is 31.9. The number of anilines is 1. The van der Waals surface area contributed by atoms with E-state index in [9.17, 15) is 18.4 Å². The van der Waals surface area contributed by atoms with Gasteiger partial charge in [-0.3, -0.25) is 9.69 Å². The predicted molar refractivity (Wildman–Crippen MR) is 158 cm³/mol. The number of esters is 1. The van der Waals surface area contributed by atoms with Crippen LogP contribution in [0.5, 0.6) is 11.5 Å². The molecule has 9 heteroatoms. The van der Waals surface area contributed by atoms with Crippen LogP contribution in [0.2, 0.25) is 0 Å². The Morgan fingerprint density at radius 2 is 1.57 bits per heavy atom. The highest BCUT2D eigenvalue weighted by atomic mass is 19.3. The molecule has 2 heterocycles. The molecule has 5 rings (SSSR count). The summed E-state index contributed by atoms with van der Waals surface area (Å²) in [6, 6.07) is 19.0. The summed E-state index contributed by atoms with van der Waals surface area (Å²) in [6.45, 7) is 10.3. The molecule has 1 amide bonds. The van der Waals surface area contributed by atoms with Crippen molar-refractivity contribution in [2.45, 2.75) is 53.9 Å². The van der Waals surface area contributed by atoms with E-state index in [0.29, 0.717) is 23.4 Å². The van der Waals surface area contributed by atoms with Crippen LogP contribution in [0.4, 0.5) is 14.6 Å². The van der Waals surface area contributed by atoms with E-state index in [0.717, 1.165) is 21.9 Å². The standard InChI is InChI=1S/C31H28F2N2O5.C2H6/c1-30(2,3)17-27(36)35(28-24-11-9-23(29(37)38-4)15-22(24)13-14-34-28)18-19-5-7-20(8-6-19)21-10-12-25-26(16-21)40-31(32,33)39-25;1-2/h5-16H,17-18H2,1-4H3;1-2H3. The molecule has 0 saturated heterocycles. The number of methoxy groups -OCH3 is 1. The topological polar surface area (TPSA) is 78.0 Å². The number of rotatable bonds is 6. The van der Waals surface area contributed by atoms with E-state index in [1.807, 2.05) is 58.9 Å². The monoisotopic (exact) mass is 576 g/mol. The van der Waals surface area contributed by atoms with Crippen LogP contribution in [0.15, 0.2) is 72.9 Å². The lowest BCUT2D eigenvalue weighted by atomic mass is 9.91. The fourth-order valence-corrected chi connectivity index (χ4v) is 4.57. The highest BCUT2D eigenvalue weighted by Gasteiger charge is 2.43. The molecule has 0 radical (unpaired) electrons. The fraction of sp³-hybridized carbons (Fsp3) is 0.303. The minimum Gasteiger partial charge on any atom is -0.465 e. The van der Waals surface area contributed by atoms with Crippen LogP contribution in [0.25, 0.3) is 21.9 Å². The summed E-state index contributed by atoms with van der Waals surface area (Å²) < 4.78 is 40.7. The first-order valence-electron chi connectivity index (χ1n) is 13.7. The van der Waals surface area contributed by atoms with Gasteiger partial charge in [-0.25, -0.2) is 9.78 Å². The minimum absolute atomic E-state index is 0.0142. The largest absolute Gasteiger partial charge is 0.586 e. The van der Waals surface area contributed by atoms with Crippen LogP contribution in [0.3, 0.4) is 0 Å². The van der Waals surface area contributed by atoms with Crippen molar-refractivity contribution in [1.29, 1.82) is 0 Å². The number of amides is 1. The molecule has 3 aromatic carbocycles. The van der Waals surface area contributed by atoms with E-state index in [1.54, 1.807) is 41.4 Å². The zero-order valence-corrected chi connectivity index (χ0v) is 24.5. The number of alkyl halides is 2. The number of ether oxygens (including phenoxy) is 3. The van der Waals surface area contributed by atoms with Crippen molar-refractivity contribution in [3.8, 4) is 22.6 Å². The molecule has 0 bridgehead atoms. The van der Waals surface area contributed by atoms with E-state index in [1.165, 1.54) is 19.2 Å². The number of hydrogen-bond donors (Lipinski definition) is 0. The molecule has 1 aromatic heterocycles. The van der Waals surface area contributed by atoms with Crippen LogP contribution in [0, 0.1) is 5.41 Å². The first-order chi connectivity index (χ1) is 19.9. The maximum atomic E-state index is 13.6. The number of carbonyl (C=O) groups excluding carboxylic acids is 2. The first-order valence-corrected chi connectivity index (χ1v) is 13.7. The number of carbonyl (C=O) groups is 2. The van der Waals surface area contributed by atoms with Gasteiger partial charge in [0.25, 0.3) is 0 Å². The second kappa shape index (κ2) is 12.1. The molecular weight excluding hydrogens is 542 g/mol. The zero-order valence-electron chi connectivity index (χ0n) is 24.5. The average Bonchev–Trinajstić information content (AvgIpc) is 3.28. The Balaban J connectivity index is 0.00000198. The van der Waals surface area contributed by atoms with Crippen LogP contribution in [0.1, 0.15) is 57.0 Å². The van der Waals surface area contributed by atoms with Crippen molar-refractivity contribution >= 4 is 28.5 Å². The molecule has 220 valence electrons. The van der Waals surface area contributed by atoms with Crippen LogP contribution in [-0.2, 0) is 16.1 Å². The molecule has 0 saturated carbocycles. The Hall–Kier alpha value is -4.53. The van der Waals surface area contributed by atoms with Crippen molar-refractivity contribution in [2.24, 2.45) is 5.41 Å². The van der Waals surface area contributed by atoms with Gasteiger partial charge in [-0.2, -0.15) is 0 Å². The zero-order chi connectivity index (χ0) is 30.7. The van der Waals surface area contributed by atoms with Crippen molar-refractivity contribution in [3.63, 3.8) is 0 Å². The third-order valence-corrected chi connectivity index (χ3v) is 6.43. The van der Waals surface area contributed by atoms with E-state index in [4.69, 9.17) is 4.74 Å². The van der Waals surface area contributed by atoms with Gasteiger partial charge in [-0.1, -0.05) is 65.0 Å². The summed E-state index contributed by atoms with van der Waals surface area (Å²) in [5, 5.41) is 1.48. The molecule has 42 heavy (non-hydrogen) atoms. The van der Waals surface area contributed by atoms with Gasteiger partial charge in [-0.15, -0.1) is 8.78 Å².